The van der Waals surface area contributed by atoms with E-state index in [0.29, 0.717) is 24.6 Å². The van der Waals surface area contributed by atoms with Gasteiger partial charge < -0.3 is 14.9 Å². The maximum atomic E-state index is 11.8. The summed E-state index contributed by atoms with van der Waals surface area (Å²) < 4.78 is 5.15. The molecular weight excluding hydrogens is 318 g/mol. The van der Waals surface area contributed by atoms with Crippen molar-refractivity contribution >= 4 is 23.2 Å². The zero-order chi connectivity index (χ0) is 16.8. The number of nitrogens with zero attached hydrogens (tertiary/aromatic N) is 2. The smallest absolute Gasteiger partial charge is 0.326 e. The maximum Gasteiger partial charge on any atom is 0.326 e. The van der Waals surface area contributed by atoms with Crippen molar-refractivity contribution in [3.05, 3.63) is 23.4 Å². The average Bonchev–Trinajstić information content (AvgIpc) is 3.14. The fraction of sp³-hybridized carbons (Fsp3) is 0.467. The first-order chi connectivity index (χ1) is 11.0. The van der Waals surface area contributed by atoms with Crippen LogP contribution in [0.1, 0.15) is 32.6 Å². The summed E-state index contributed by atoms with van der Waals surface area (Å²) in [6.45, 7) is 3.51. The molecule has 2 aromatic heterocycles. The number of hydrogen-bond donors (Lipinski definition) is 2. The van der Waals surface area contributed by atoms with E-state index in [0.717, 1.165) is 4.88 Å². The Balaban J connectivity index is 1.78. The molecular formula is C15H19N3O4S. The summed E-state index contributed by atoms with van der Waals surface area (Å²) in [4.78, 5) is 28.0. The fourth-order valence-electron chi connectivity index (χ4n) is 2.02. The Labute approximate surface area is 137 Å². The third kappa shape index (κ3) is 4.88. The number of aromatic nitrogens is 2. The summed E-state index contributed by atoms with van der Waals surface area (Å²) in [5.41, 5.74) is 0. The number of carbonyl (C=O) groups excluding carboxylic acids is 1. The molecule has 0 unspecified atom stereocenters. The van der Waals surface area contributed by atoms with Gasteiger partial charge in [0.1, 0.15) is 6.04 Å². The van der Waals surface area contributed by atoms with Crippen molar-refractivity contribution in [2.24, 2.45) is 5.92 Å². The van der Waals surface area contributed by atoms with Crippen LogP contribution in [0.5, 0.6) is 0 Å². The lowest BCUT2D eigenvalue weighted by molar-refractivity contribution is -0.143. The molecule has 2 N–H and O–H groups in total. The van der Waals surface area contributed by atoms with E-state index in [2.05, 4.69) is 15.5 Å². The van der Waals surface area contributed by atoms with Gasteiger partial charge in [0.15, 0.2) is 0 Å². The van der Waals surface area contributed by atoms with Crippen molar-refractivity contribution in [1.82, 2.24) is 15.5 Å². The Hall–Kier alpha value is -2.22. The van der Waals surface area contributed by atoms with Gasteiger partial charge in [0.2, 0.25) is 17.6 Å². The molecule has 2 heterocycles. The SMILES string of the molecule is CC(C)[C@H](NC(=O)CCCc1nc(-c2cccs2)no1)C(=O)O. The molecule has 0 aromatic carbocycles. The van der Waals surface area contributed by atoms with Crippen LogP contribution in [0.2, 0.25) is 0 Å². The van der Waals surface area contributed by atoms with E-state index in [-0.39, 0.29) is 18.2 Å². The van der Waals surface area contributed by atoms with Gasteiger partial charge in [-0.05, 0) is 23.8 Å². The first-order valence-corrected chi connectivity index (χ1v) is 8.24. The van der Waals surface area contributed by atoms with Crippen LogP contribution in [0.15, 0.2) is 22.0 Å². The molecule has 1 amide bonds. The third-order valence-electron chi connectivity index (χ3n) is 3.25. The predicted octanol–water partition coefficient (Wildman–Crippen LogP) is 2.35. The molecule has 0 aliphatic heterocycles. The highest BCUT2D eigenvalue weighted by Crippen LogP contribution is 2.21. The van der Waals surface area contributed by atoms with Crippen molar-refractivity contribution in [2.45, 2.75) is 39.2 Å². The molecule has 0 bridgehead atoms. The molecule has 2 aromatic rings. The number of carboxylic acids is 1. The van der Waals surface area contributed by atoms with Crippen LogP contribution in [0.3, 0.4) is 0 Å². The lowest BCUT2D eigenvalue weighted by Crippen LogP contribution is -2.44. The zero-order valence-electron chi connectivity index (χ0n) is 13.0. The highest BCUT2D eigenvalue weighted by atomic mass is 32.1. The summed E-state index contributed by atoms with van der Waals surface area (Å²) in [7, 11) is 0. The van der Waals surface area contributed by atoms with Gasteiger partial charge in [0, 0.05) is 12.8 Å². The van der Waals surface area contributed by atoms with Crippen LogP contribution in [0, 0.1) is 5.92 Å². The number of rotatable bonds is 8. The molecule has 0 saturated carbocycles. The Bertz CT molecular complexity index is 651. The van der Waals surface area contributed by atoms with Gasteiger partial charge in [0.05, 0.1) is 4.88 Å². The molecule has 8 heteroatoms. The molecule has 0 spiro atoms. The minimum absolute atomic E-state index is 0.166. The maximum absolute atomic E-state index is 11.8. The van der Waals surface area contributed by atoms with Crippen molar-refractivity contribution in [3.8, 4) is 10.7 Å². The van der Waals surface area contributed by atoms with Crippen molar-refractivity contribution in [2.75, 3.05) is 0 Å². The number of thiophene rings is 1. The van der Waals surface area contributed by atoms with E-state index in [1.165, 1.54) is 11.3 Å². The summed E-state index contributed by atoms with van der Waals surface area (Å²) in [6, 6.07) is 2.95. The van der Waals surface area contributed by atoms with Crippen molar-refractivity contribution < 1.29 is 19.2 Å². The Morgan fingerprint density at radius 1 is 1.43 bits per heavy atom. The minimum atomic E-state index is -1.02. The van der Waals surface area contributed by atoms with Gasteiger partial charge >= 0.3 is 5.97 Å². The number of aliphatic carboxylic acids is 1. The highest BCUT2D eigenvalue weighted by molar-refractivity contribution is 7.13. The van der Waals surface area contributed by atoms with Crippen LogP contribution < -0.4 is 5.32 Å². The summed E-state index contributed by atoms with van der Waals surface area (Å²) in [6.07, 6.45) is 1.21. The Morgan fingerprint density at radius 3 is 2.83 bits per heavy atom. The number of carboxylic acid groups (broad SMARTS) is 1. The standard InChI is InChI=1S/C15H19N3O4S/c1-9(2)13(15(20)21)16-11(19)6-3-7-12-17-14(18-22-12)10-5-4-8-23-10/h4-5,8-9,13H,3,6-7H2,1-2H3,(H,16,19)(H,20,21)/t13-/m0/s1. The molecule has 0 aliphatic carbocycles. The van der Waals surface area contributed by atoms with Gasteiger partial charge in [-0.3, -0.25) is 4.79 Å². The number of nitrogens with one attached hydrogen (secondary N) is 1. The molecule has 0 fully saturated rings. The summed E-state index contributed by atoms with van der Waals surface area (Å²) in [5.74, 6) is -0.458. The number of amides is 1. The zero-order valence-corrected chi connectivity index (χ0v) is 13.8. The van der Waals surface area contributed by atoms with Gasteiger partial charge in [-0.25, -0.2) is 4.79 Å². The van der Waals surface area contributed by atoms with Gasteiger partial charge in [-0.15, -0.1) is 11.3 Å². The largest absolute Gasteiger partial charge is 0.480 e. The lowest BCUT2D eigenvalue weighted by atomic mass is 10.0. The first kappa shape index (κ1) is 17.1. The molecule has 0 saturated heterocycles. The highest BCUT2D eigenvalue weighted by Gasteiger charge is 2.23. The summed E-state index contributed by atoms with van der Waals surface area (Å²) in [5, 5.41) is 17.4. The Morgan fingerprint density at radius 2 is 2.22 bits per heavy atom. The molecule has 7 nitrogen and oxygen atoms in total. The van der Waals surface area contributed by atoms with Crippen molar-refractivity contribution in [1.29, 1.82) is 0 Å². The second kappa shape index (κ2) is 7.87. The summed E-state index contributed by atoms with van der Waals surface area (Å²) >= 11 is 1.53. The second-order valence-electron chi connectivity index (χ2n) is 5.47. The molecule has 2 rings (SSSR count). The van der Waals surface area contributed by atoms with Crippen LogP contribution in [-0.2, 0) is 16.0 Å². The number of hydrogen-bond acceptors (Lipinski definition) is 6. The van der Waals surface area contributed by atoms with E-state index < -0.39 is 12.0 Å². The third-order valence-corrected chi connectivity index (χ3v) is 4.12. The molecule has 23 heavy (non-hydrogen) atoms. The molecule has 1 atom stereocenters. The fourth-order valence-corrected chi connectivity index (χ4v) is 2.67. The van der Waals surface area contributed by atoms with E-state index in [1.807, 2.05) is 17.5 Å². The predicted molar refractivity (Wildman–Crippen MR) is 85.0 cm³/mol. The van der Waals surface area contributed by atoms with Crippen LogP contribution >= 0.6 is 11.3 Å². The van der Waals surface area contributed by atoms with Gasteiger partial charge in [0.25, 0.3) is 0 Å². The lowest BCUT2D eigenvalue weighted by Gasteiger charge is -2.17. The van der Waals surface area contributed by atoms with Crippen LogP contribution in [0.25, 0.3) is 10.7 Å². The van der Waals surface area contributed by atoms with Gasteiger partial charge in [-0.1, -0.05) is 25.1 Å². The molecule has 0 aliphatic rings. The molecule has 124 valence electrons. The Kier molecular flexibility index (Phi) is 5.86. The van der Waals surface area contributed by atoms with Crippen molar-refractivity contribution in [3.63, 3.8) is 0 Å². The van der Waals surface area contributed by atoms with Crippen LogP contribution in [-0.4, -0.2) is 33.2 Å². The van der Waals surface area contributed by atoms with E-state index >= 15 is 0 Å². The monoisotopic (exact) mass is 337 g/mol. The normalized spacial score (nSPS) is 12.3. The van der Waals surface area contributed by atoms with E-state index in [9.17, 15) is 9.59 Å². The quantitative estimate of drug-likeness (QED) is 0.766. The minimum Gasteiger partial charge on any atom is -0.480 e. The number of carbonyl (C=O) groups is 2. The number of aryl methyl sites for hydroxylation is 1. The average molecular weight is 337 g/mol. The second-order valence-corrected chi connectivity index (χ2v) is 6.42. The van der Waals surface area contributed by atoms with E-state index in [1.54, 1.807) is 13.8 Å². The first-order valence-electron chi connectivity index (χ1n) is 7.36. The molecule has 0 radical (unpaired) electrons. The van der Waals surface area contributed by atoms with E-state index in [4.69, 9.17) is 9.63 Å². The van der Waals surface area contributed by atoms with Gasteiger partial charge in [-0.2, -0.15) is 4.98 Å². The topological polar surface area (TPSA) is 105 Å². The van der Waals surface area contributed by atoms with Crippen LogP contribution in [0.4, 0.5) is 0 Å².